The van der Waals surface area contributed by atoms with Crippen LogP contribution in [0.3, 0.4) is 0 Å². The highest BCUT2D eigenvalue weighted by Gasteiger charge is 2.12. The predicted octanol–water partition coefficient (Wildman–Crippen LogP) is 5.37. The number of aromatic nitrogens is 1. The summed E-state index contributed by atoms with van der Waals surface area (Å²) >= 11 is 6.29. The van der Waals surface area contributed by atoms with Gasteiger partial charge in [-0.05, 0) is 69.5 Å². The number of benzene rings is 2. The van der Waals surface area contributed by atoms with Gasteiger partial charge < -0.3 is 4.57 Å². The smallest absolute Gasteiger partial charge is 0.244 e. The summed E-state index contributed by atoms with van der Waals surface area (Å²) in [6.45, 7) is 10.2. The highest BCUT2D eigenvalue weighted by molar-refractivity contribution is 6.31. The molecule has 1 N–H and O–H groups in total. The van der Waals surface area contributed by atoms with E-state index in [1.165, 1.54) is 5.56 Å². The Morgan fingerprint density at radius 2 is 1.86 bits per heavy atom. The molecule has 0 bridgehead atoms. The molecule has 0 saturated carbocycles. The predicted molar refractivity (Wildman–Crippen MR) is 120 cm³/mol. The van der Waals surface area contributed by atoms with Gasteiger partial charge in [-0.3, -0.25) is 4.79 Å². The fourth-order valence-corrected chi connectivity index (χ4v) is 3.73. The van der Waals surface area contributed by atoms with E-state index in [-0.39, 0.29) is 5.91 Å². The maximum Gasteiger partial charge on any atom is 0.244 e. The van der Waals surface area contributed by atoms with Crippen LogP contribution in [0.15, 0.2) is 47.6 Å². The molecule has 0 unspecified atom stereocenters. The molecular weight excluding hydrogens is 382 g/mol. The van der Waals surface area contributed by atoms with Gasteiger partial charge in [0.15, 0.2) is 0 Å². The van der Waals surface area contributed by atoms with Crippen molar-refractivity contribution >= 4 is 23.7 Å². The van der Waals surface area contributed by atoms with Crippen LogP contribution in [0.2, 0.25) is 5.02 Å². The van der Waals surface area contributed by atoms with Crippen molar-refractivity contribution in [2.24, 2.45) is 5.10 Å². The third-order valence-electron chi connectivity index (χ3n) is 5.19. The maximum absolute atomic E-state index is 12.3. The van der Waals surface area contributed by atoms with E-state index in [0.717, 1.165) is 44.4 Å². The number of nitrogens with one attached hydrogen (secondary N) is 1. The Morgan fingerprint density at radius 3 is 2.59 bits per heavy atom. The first-order valence-electron chi connectivity index (χ1n) is 9.60. The summed E-state index contributed by atoms with van der Waals surface area (Å²) in [7, 11) is 0. The van der Waals surface area contributed by atoms with E-state index in [1.54, 1.807) is 6.21 Å². The lowest BCUT2D eigenvalue weighted by atomic mass is 10.0. The van der Waals surface area contributed by atoms with E-state index in [1.807, 2.05) is 65.0 Å². The lowest BCUT2D eigenvalue weighted by molar-refractivity contribution is -0.120. The number of aryl methyl sites for hydroxylation is 3. The zero-order valence-corrected chi connectivity index (χ0v) is 18.3. The summed E-state index contributed by atoms with van der Waals surface area (Å²) in [6.07, 6.45) is 2.00. The summed E-state index contributed by atoms with van der Waals surface area (Å²) in [5.41, 5.74) is 11.1. The number of hydrogen-bond donors (Lipinski definition) is 1. The number of rotatable bonds is 5. The van der Waals surface area contributed by atoms with Crippen LogP contribution in [0.5, 0.6) is 0 Å². The average Bonchev–Trinajstić information content (AvgIpc) is 2.94. The summed E-state index contributed by atoms with van der Waals surface area (Å²) in [5.74, 6) is -0.132. The van der Waals surface area contributed by atoms with Crippen molar-refractivity contribution in [3.8, 4) is 5.69 Å². The number of nitrogens with zero attached hydrogens (tertiary/aromatic N) is 2. The minimum atomic E-state index is -0.132. The van der Waals surface area contributed by atoms with Crippen LogP contribution in [0.1, 0.15) is 39.2 Å². The molecule has 150 valence electrons. The van der Waals surface area contributed by atoms with Gasteiger partial charge in [0, 0.05) is 27.7 Å². The minimum Gasteiger partial charge on any atom is -0.318 e. The Labute approximate surface area is 177 Å². The zero-order chi connectivity index (χ0) is 21.1. The zero-order valence-electron chi connectivity index (χ0n) is 17.5. The molecule has 0 radical (unpaired) electrons. The second-order valence-electron chi connectivity index (χ2n) is 7.45. The summed E-state index contributed by atoms with van der Waals surface area (Å²) in [4.78, 5) is 12.3. The van der Waals surface area contributed by atoms with Crippen LogP contribution in [0.25, 0.3) is 5.69 Å². The van der Waals surface area contributed by atoms with Gasteiger partial charge in [0.2, 0.25) is 5.91 Å². The molecule has 4 nitrogen and oxygen atoms in total. The molecule has 0 aliphatic heterocycles. The van der Waals surface area contributed by atoms with E-state index < -0.39 is 0 Å². The van der Waals surface area contributed by atoms with Crippen molar-refractivity contribution < 1.29 is 4.79 Å². The first kappa shape index (κ1) is 20.9. The number of halogens is 1. The van der Waals surface area contributed by atoms with Crippen LogP contribution >= 0.6 is 11.6 Å². The number of hydrogen-bond acceptors (Lipinski definition) is 2. The van der Waals surface area contributed by atoms with E-state index in [9.17, 15) is 4.79 Å². The quantitative estimate of drug-likeness (QED) is 0.448. The molecule has 0 spiro atoms. The van der Waals surface area contributed by atoms with Gasteiger partial charge in [0.1, 0.15) is 0 Å². The monoisotopic (exact) mass is 407 g/mol. The lowest BCUT2D eigenvalue weighted by Gasteiger charge is -2.13. The van der Waals surface area contributed by atoms with Crippen LogP contribution in [-0.4, -0.2) is 16.7 Å². The maximum atomic E-state index is 12.3. The summed E-state index contributed by atoms with van der Waals surface area (Å²) in [6, 6.07) is 14.0. The molecule has 0 atom stereocenters. The van der Waals surface area contributed by atoms with Crippen molar-refractivity contribution in [1.82, 2.24) is 9.99 Å². The Hall–Kier alpha value is -2.85. The van der Waals surface area contributed by atoms with Gasteiger partial charge in [0.05, 0.1) is 12.6 Å². The van der Waals surface area contributed by atoms with E-state index in [0.29, 0.717) is 6.42 Å². The fourth-order valence-electron chi connectivity index (χ4n) is 3.56. The van der Waals surface area contributed by atoms with Gasteiger partial charge in [-0.2, -0.15) is 5.10 Å². The standard InChI is InChI=1S/C24H26ClN3O/c1-15-9-10-20(16(2)11-15)13-24(29)27-26-14-21-12-17(3)28(19(21)5)23-8-6-7-22(25)18(23)4/h6-12,14H,13H2,1-5H3,(H,27,29)/b26-14+. The Bertz CT molecular complexity index is 1100. The van der Waals surface area contributed by atoms with E-state index in [2.05, 4.69) is 27.2 Å². The number of amides is 1. The van der Waals surface area contributed by atoms with Crippen molar-refractivity contribution in [2.45, 2.75) is 41.0 Å². The SMILES string of the molecule is Cc1ccc(CC(=O)N/N=C/c2cc(C)n(-c3cccc(Cl)c3C)c2C)c(C)c1. The first-order valence-corrected chi connectivity index (χ1v) is 9.98. The third kappa shape index (κ3) is 4.60. The summed E-state index contributed by atoms with van der Waals surface area (Å²) < 4.78 is 2.15. The van der Waals surface area contributed by atoms with Gasteiger partial charge >= 0.3 is 0 Å². The van der Waals surface area contributed by atoms with Crippen molar-refractivity contribution in [3.63, 3.8) is 0 Å². The largest absolute Gasteiger partial charge is 0.318 e. The highest BCUT2D eigenvalue weighted by atomic mass is 35.5. The molecule has 1 aromatic heterocycles. The molecule has 0 fully saturated rings. The second-order valence-corrected chi connectivity index (χ2v) is 7.85. The molecule has 0 aliphatic carbocycles. The molecule has 1 amide bonds. The van der Waals surface area contributed by atoms with Crippen molar-refractivity contribution in [2.75, 3.05) is 0 Å². The Morgan fingerprint density at radius 1 is 1.10 bits per heavy atom. The van der Waals surface area contributed by atoms with Crippen LogP contribution in [0, 0.1) is 34.6 Å². The van der Waals surface area contributed by atoms with Crippen molar-refractivity contribution in [3.05, 3.63) is 86.7 Å². The van der Waals surface area contributed by atoms with Gasteiger partial charge in [-0.15, -0.1) is 0 Å². The lowest BCUT2D eigenvalue weighted by Crippen LogP contribution is -2.20. The number of hydrazone groups is 1. The third-order valence-corrected chi connectivity index (χ3v) is 5.60. The fraction of sp³-hybridized carbons (Fsp3) is 0.250. The number of carbonyl (C=O) groups is 1. The minimum absolute atomic E-state index is 0.132. The molecule has 3 rings (SSSR count). The molecule has 2 aromatic carbocycles. The first-order chi connectivity index (χ1) is 13.8. The van der Waals surface area contributed by atoms with E-state index >= 15 is 0 Å². The highest BCUT2D eigenvalue weighted by Crippen LogP contribution is 2.26. The molecule has 29 heavy (non-hydrogen) atoms. The molecule has 0 aliphatic rings. The molecule has 5 heteroatoms. The molecule has 3 aromatic rings. The van der Waals surface area contributed by atoms with Crippen LogP contribution in [-0.2, 0) is 11.2 Å². The molecule has 1 heterocycles. The van der Waals surface area contributed by atoms with Gasteiger partial charge in [0.25, 0.3) is 0 Å². The topological polar surface area (TPSA) is 46.4 Å². The molecule has 0 saturated heterocycles. The average molecular weight is 408 g/mol. The van der Waals surface area contributed by atoms with Gasteiger partial charge in [-0.25, -0.2) is 5.43 Å². The van der Waals surface area contributed by atoms with Crippen molar-refractivity contribution in [1.29, 1.82) is 0 Å². The Balaban J connectivity index is 1.74. The Kier molecular flexibility index (Phi) is 6.23. The second kappa shape index (κ2) is 8.66. The van der Waals surface area contributed by atoms with Crippen LogP contribution < -0.4 is 5.43 Å². The molecular formula is C24H26ClN3O. The number of carbonyl (C=O) groups excluding carboxylic acids is 1. The van der Waals surface area contributed by atoms with Crippen LogP contribution in [0.4, 0.5) is 0 Å². The van der Waals surface area contributed by atoms with Gasteiger partial charge in [-0.1, -0.05) is 41.4 Å². The summed E-state index contributed by atoms with van der Waals surface area (Å²) in [5, 5.41) is 4.91. The van der Waals surface area contributed by atoms with E-state index in [4.69, 9.17) is 11.6 Å². The normalized spacial score (nSPS) is 11.2.